The van der Waals surface area contributed by atoms with Crippen LogP contribution < -0.4 is 10.5 Å². The average Bonchev–Trinajstić information content (AvgIpc) is 2.73. The number of nitrogens with two attached hydrogens (primary N) is 1. The van der Waals surface area contributed by atoms with Gasteiger partial charge in [0, 0.05) is 21.1 Å². The maximum absolute atomic E-state index is 5.79. The molecule has 0 atom stereocenters. The molecule has 0 saturated carbocycles. The van der Waals surface area contributed by atoms with Gasteiger partial charge in [0.05, 0.1) is 4.88 Å². The van der Waals surface area contributed by atoms with E-state index in [0.717, 1.165) is 20.3 Å². The van der Waals surface area contributed by atoms with Crippen molar-refractivity contribution < 1.29 is 4.74 Å². The molecule has 17 heavy (non-hydrogen) atoms. The molecule has 0 radical (unpaired) electrons. The van der Waals surface area contributed by atoms with Crippen molar-refractivity contribution in [3.05, 3.63) is 49.0 Å². The molecule has 0 aliphatic heterocycles. The Balaban J connectivity index is 2.11. The van der Waals surface area contributed by atoms with Crippen molar-refractivity contribution in [2.24, 2.45) is 5.73 Å². The van der Waals surface area contributed by atoms with Crippen molar-refractivity contribution in [1.29, 1.82) is 0 Å². The Morgan fingerprint density at radius 1 is 1.24 bits per heavy atom. The third-order valence-corrected chi connectivity index (χ3v) is 4.69. The Hall–Kier alpha value is -0.360. The highest BCUT2D eigenvalue weighted by Gasteiger charge is 2.06. The molecule has 0 amide bonds. The summed E-state index contributed by atoms with van der Waals surface area (Å²) in [6.07, 6.45) is 0. The van der Waals surface area contributed by atoms with Crippen LogP contribution in [0.25, 0.3) is 0 Å². The Bertz CT molecular complexity index is 513. The second kappa shape index (κ2) is 6.00. The highest BCUT2D eigenvalue weighted by Crippen LogP contribution is 2.27. The third-order valence-electron chi connectivity index (χ3n) is 2.29. The van der Waals surface area contributed by atoms with E-state index in [9.17, 15) is 0 Å². The maximum Gasteiger partial charge on any atom is 0.124 e. The van der Waals surface area contributed by atoms with E-state index in [0.29, 0.717) is 13.2 Å². The molecule has 0 aliphatic carbocycles. The van der Waals surface area contributed by atoms with E-state index in [1.807, 2.05) is 29.6 Å². The molecule has 0 aliphatic rings. The Kier molecular flexibility index (Phi) is 4.62. The first-order valence-corrected chi connectivity index (χ1v) is 7.50. The van der Waals surface area contributed by atoms with E-state index >= 15 is 0 Å². The lowest BCUT2D eigenvalue weighted by molar-refractivity contribution is 0.306. The highest BCUT2D eigenvalue weighted by molar-refractivity contribution is 9.10. The van der Waals surface area contributed by atoms with Crippen molar-refractivity contribution in [2.45, 2.75) is 13.2 Å². The van der Waals surface area contributed by atoms with Crippen LogP contribution in [0.4, 0.5) is 0 Å². The van der Waals surface area contributed by atoms with Gasteiger partial charge in [-0.2, -0.15) is 0 Å². The minimum absolute atomic E-state index is 0.473. The van der Waals surface area contributed by atoms with Crippen LogP contribution >= 0.6 is 43.2 Å². The molecule has 0 fully saturated rings. The van der Waals surface area contributed by atoms with Gasteiger partial charge < -0.3 is 10.5 Å². The normalized spacial score (nSPS) is 10.5. The monoisotopic (exact) mass is 375 g/mol. The molecule has 5 heteroatoms. The Morgan fingerprint density at radius 2 is 2.06 bits per heavy atom. The van der Waals surface area contributed by atoms with Gasteiger partial charge in [-0.1, -0.05) is 15.9 Å². The van der Waals surface area contributed by atoms with E-state index in [2.05, 4.69) is 31.9 Å². The first kappa shape index (κ1) is 13.1. The predicted octanol–water partition coefficient (Wildman–Crippen LogP) is 4.31. The number of ether oxygens (including phenoxy) is 1. The van der Waals surface area contributed by atoms with Gasteiger partial charge in [-0.15, -0.1) is 11.3 Å². The van der Waals surface area contributed by atoms with Crippen molar-refractivity contribution >= 4 is 43.2 Å². The molecule has 0 unspecified atom stereocenters. The largest absolute Gasteiger partial charge is 0.488 e. The summed E-state index contributed by atoms with van der Waals surface area (Å²) >= 11 is 8.58. The summed E-state index contributed by atoms with van der Waals surface area (Å²) in [5.41, 5.74) is 6.70. The van der Waals surface area contributed by atoms with Gasteiger partial charge in [0.1, 0.15) is 12.4 Å². The van der Waals surface area contributed by atoms with Gasteiger partial charge in [-0.05, 0) is 45.6 Å². The predicted molar refractivity (Wildman–Crippen MR) is 78.4 cm³/mol. The van der Waals surface area contributed by atoms with E-state index in [-0.39, 0.29) is 0 Å². The van der Waals surface area contributed by atoms with Crippen molar-refractivity contribution in [2.75, 3.05) is 0 Å². The lowest BCUT2D eigenvalue weighted by Gasteiger charge is -2.10. The van der Waals surface area contributed by atoms with Gasteiger partial charge in [0.25, 0.3) is 0 Å². The standard InChI is InChI=1S/C12H11Br2NOS/c13-9-1-2-11(8(5-9)6-15)16-7-12-10(14)3-4-17-12/h1-5H,6-7,15H2. The van der Waals surface area contributed by atoms with Crippen LogP contribution in [0.3, 0.4) is 0 Å². The van der Waals surface area contributed by atoms with Crippen LogP contribution in [0.15, 0.2) is 38.6 Å². The van der Waals surface area contributed by atoms with Gasteiger partial charge in [-0.3, -0.25) is 0 Å². The summed E-state index contributed by atoms with van der Waals surface area (Å²) in [7, 11) is 0. The minimum atomic E-state index is 0.473. The van der Waals surface area contributed by atoms with E-state index in [1.54, 1.807) is 11.3 Å². The molecule has 1 aromatic heterocycles. The SMILES string of the molecule is NCc1cc(Br)ccc1OCc1sccc1Br. The fraction of sp³-hybridized carbons (Fsp3) is 0.167. The van der Waals surface area contributed by atoms with Gasteiger partial charge in [0.2, 0.25) is 0 Å². The molecule has 2 aromatic rings. The summed E-state index contributed by atoms with van der Waals surface area (Å²) in [5.74, 6) is 0.844. The molecule has 90 valence electrons. The number of hydrogen-bond acceptors (Lipinski definition) is 3. The minimum Gasteiger partial charge on any atom is -0.488 e. The van der Waals surface area contributed by atoms with E-state index in [4.69, 9.17) is 10.5 Å². The summed E-state index contributed by atoms with van der Waals surface area (Å²) in [4.78, 5) is 1.18. The lowest BCUT2D eigenvalue weighted by atomic mass is 10.2. The van der Waals surface area contributed by atoms with Crippen LogP contribution in [0, 0.1) is 0 Å². The molecule has 2 rings (SSSR count). The van der Waals surface area contributed by atoms with Gasteiger partial charge in [0.15, 0.2) is 0 Å². The molecular weight excluding hydrogens is 366 g/mol. The van der Waals surface area contributed by atoms with Gasteiger partial charge >= 0.3 is 0 Å². The number of halogens is 2. The molecule has 2 nitrogen and oxygen atoms in total. The fourth-order valence-corrected chi connectivity index (χ4v) is 3.21. The lowest BCUT2D eigenvalue weighted by Crippen LogP contribution is -2.02. The zero-order valence-corrected chi connectivity index (χ0v) is 12.9. The average molecular weight is 377 g/mol. The highest BCUT2D eigenvalue weighted by atomic mass is 79.9. The second-order valence-electron chi connectivity index (χ2n) is 3.44. The first-order valence-electron chi connectivity index (χ1n) is 5.04. The summed E-state index contributed by atoms with van der Waals surface area (Å²) in [6, 6.07) is 7.90. The number of benzene rings is 1. The topological polar surface area (TPSA) is 35.2 Å². The quantitative estimate of drug-likeness (QED) is 0.862. The zero-order valence-electron chi connectivity index (χ0n) is 8.95. The Labute approximate surface area is 121 Å². The third kappa shape index (κ3) is 3.31. The molecule has 0 spiro atoms. The molecule has 1 heterocycles. The second-order valence-corrected chi connectivity index (χ2v) is 6.21. The van der Waals surface area contributed by atoms with Crippen molar-refractivity contribution in [3.8, 4) is 5.75 Å². The first-order chi connectivity index (χ1) is 8.20. The fourth-order valence-electron chi connectivity index (χ4n) is 1.42. The molecule has 1 aromatic carbocycles. The van der Waals surface area contributed by atoms with Crippen LogP contribution in [-0.2, 0) is 13.2 Å². The Morgan fingerprint density at radius 3 is 2.71 bits per heavy atom. The van der Waals surface area contributed by atoms with Crippen LogP contribution in [0.5, 0.6) is 5.75 Å². The van der Waals surface area contributed by atoms with Gasteiger partial charge in [-0.25, -0.2) is 0 Å². The summed E-state index contributed by atoms with van der Waals surface area (Å²) in [5, 5.41) is 2.04. The van der Waals surface area contributed by atoms with Crippen LogP contribution in [-0.4, -0.2) is 0 Å². The van der Waals surface area contributed by atoms with Crippen molar-refractivity contribution in [3.63, 3.8) is 0 Å². The zero-order chi connectivity index (χ0) is 12.3. The smallest absolute Gasteiger partial charge is 0.124 e. The molecule has 0 saturated heterocycles. The number of hydrogen-bond donors (Lipinski definition) is 1. The molecule has 0 bridgehead atoms. The van der Waals surface area contributed by atoms with Crippen LogP contribution in [0.1, 0.15) is 10.4 Å². The maximum atomic E-state index is 5.79. The summed E-state index contributed by atoms with van der Waals surface area (Å²) < 4.78 is 7.90. The number of thiophene rings is 1. The number of rotatable bonds is 4. The van der Waals surface area contributed by atoms with Crippen molar-refractivity contribution in [1.82, 2.24) is 0 Å². The van der Waals surface area contributed by atoms with E-state index in [1.165, 1.54) is 4.88 Å². The molecule has 2 N–H and O–H groups in total. The summed E-state index contributed by atoms with van der Waals surface area (Å²) in [6.45, 7) is 1.03. The molecular formula is C12H11Br2NOS. The van der Waals surface area contributed by atoms with E-state index < -0.39 is 0 Å². The van der Waals surface area contributed by atoms with Crippen LogP contribution in [0.2, 0.25) is 0 Å².